The van der Waals surface area contributed by atoms with Crippen molar-refractivity contribution in [3.05, 3.63) is 35.4 Å². The highest BCUT2D eigenvalue weighted by Gasteiger charge is 2.25. The van der Waals surface area contributed by atoms with Crippen LogP contribution >= 0.6 is 0 Å². The highest BCUT2D eigenvalue weighted by Crippen LogP contribution is 2.23. The molecule has 1 aromatic rings. The van der Waals surface area contributed by atoms with E-state index in [-0.39, 0.29) is 11.2 Å². The summed E-state index contributed by atoms with van der Waals surface area (Å²) in [6, 6.07) is 8.47. The topological polar surface area (TPSA) is 23.6 Å². The van der Waals surface area contributed by atoms with Crippen LogP contribution in [0.2, 0.25) is 0 Å². The summed E-state index contributed by atoms with van der Waals surface area (Å²) in [4.78, 5) is 17.1. The van der Waals surface area contributed by atoms with Crippen molar-refractivity contribution in [1.82, 2.24) is 9.80 Å². The van der Waals surface area contributed by atoms with E-state index in [2.05, 4.69) is 56.8 Å². The van der Waals surface area contributed by atoms with Crippen LogP contribution in [0.1, 0.15) is 43.1 Å². The Balaban J connectivity index is 2.03. The molecule has 1 unspecified atom stereocenters. The van der Waals surface area contributed by atoms with Crippen LogP contribution in [0.4, 0.5) is 0 Å². The minimum absolute atomic E-state index is 0.133. The molecule has 21 heavy (non-hydrogen) atoms. The summed E-state index contributed by atoms with van der Waals surface area (Å²) in [6.07, 6.45) is 0.607. The zero-order valence-corrected chi connectivity index (χ0v) is 14.0. The fraction of sp³-hybridized carbons (Fsp3) is 0.611. The van der Waals surface area contributed by atoms with Crippen molar-refractivity contribution in [3.8, 4) is 0 Å². The first kappa shape index (κ1) is 16.2. The molecule has 1 aliphatic heterocycles. The number of Topliss-reactive ketones (excluding diaryl/α,β-unsaturated/α-hetero) is 1. The van der Waals surface area contributed by atoms with Crippen molar-refractivity contribution in [1.29, 1.82) is 0 Å². The largest absolute Gasteiger partial charge is 0.304 e. The van der Waals surface area contributed by atoms with Gasteiger partial charge in [-0.15, -0.1) is 0 Å². The molecule has 2 rings (SSSR count). The molecule has 1 aliphatic rings. The molecule has 0 aromatic heterocycles. The molecule has 0 radical (unpaired) electrons. The Labute approximate surface area is 128 Å². The Bertz CT molecular complexity index is 487. The molecule has 0 saturated carbocycles. The fourth-order valence-electron chi connectivity index (χ4n) is 2.81. The van der Waals surface area contributed by atoms with Crippen LogP contribution in [-0.2, 0) is 5.41 Å². The molecule has 1 atom stereocenters. The van der Waals surface area contributed by atoms with Crippen LogP contribution in [-0.4, -0.2) is 55.4 Å². The van der Waals surface area contributed by atoms with Gasteiger partial charge in [0, 0.05) is 37.7 Å². The van der Waals surface area contributed by atoms with E-state index in [1.54, 1.807) is 0 Å². The van der Waals surface area contributed by atoms with Crippen LogP contribution < -0.4 is 0 Å². The van der Waals surface area contributed by atoms with E-state index < -0.39 is 0 Å². The molecule has 0 spiro atoms. The van der Waals surface area contributed by atoms with E-state index in [0.29, 0.717) is 12.5 Å². The number of piperazine rings is 1. The van der Waals surface area contributed by atoms with Crippen molar-refractivity contribution < 1.29 is 4.79 Å². The highest BCUT2D eigenvalue weighted by atomic mass is 16.1. The summed E-state index contributed by atoms with van der Waals surface area (Å²) >= 11 is 0. The molecule has 0 amide bonds. The van der Waals surface area contributed by atoms with Gasteiger partial charge in [-0.05, 0) is 25.1 Å². The lowest BCUT2D eigenvalue weighted by Gasteiger charge is -2.37. The van der Waals surface area contributed by atoms with Crippen molar-refractivity contribution in [2.24, 2.45) is 0 Å². The molecule has 3 nitrogen and oxygen atoms in total. The lowest BCUT2D eigenvalue weighted by molar-refractivity contribution is 0.0810. The summed E-state index contributed by atoms with van der Waals surface area (Å²) in [5, 5.41) is 0. The number of hydrogen-bond acceptors (Lipinski definition) is 3. The van der Waals surface area contributed by atoms with Crippen molar-refractivity contribution in [3.63, 3.8) is 0 Å². The normalized spacial score (nSPS) is 21.5. The molecule has 0 N–H and O–H groups in total. The van der Waals surface area contributed by atoms with Crippen molar-refractivity contribution in [2.45, 2.75) is 38.6 Å². The number of benzene rings is 1. The maximum Gasteiger partial charge on any atom is 0.164 e. The van der Waals surface area contributed by atoms with Crippen LogP contribution in [0.15, 0.2) is 24.3 Å². The Morgan fingerprint density at radius 3 is 2.33 bits per heavy atom. The van der Waals surface area contributed by atoms with Gasteiger partial charge in [0.1, 0.15) is 0 Å². The second kappa shape index (κ2) is 6.29. The average molecular weight is 288 g/mol. The fourth-order valence-corrected chi connectivity index (χ4v) is 2.81. The Morgan fingerprint density at radius 2 is 1.76 bits per heavy atom. The van der Waals surface area contributed by atoms with Gasteiger partial charge in [0.05, 0.1) is 0 Å². The number of nitrogens with zero attached hydrogens (tertiary/aromatic N) is 2. The standard InChI is InChI=1S/C18H28N2O/c1-18(2,3)15-8-6-14(7-9-15)17(21)12-16-13-19(4)10-11-20(16)5/h6-9,16H,10-13H2,1-5H3. The predicted molar refractivity (Wildman–Crippen MR) is 88.0 cm³/mol. The zero-order valence-electron chi connectivity index (χ0n) is 14.0. The molecular formula is C18H28N2O. The van der Waals surface area contributed by atoms with Gasteiger partial charge in [-0.25, -0.2) is 0 Å². The summed E-state index contributed by atoms with van der Waals surface area (Å²) < 4.78 is 0. The minimum atomic E-state index is 0.133. The van der Waals surface area contributed by atoms with Gasteiger partial charge in [0.15, 0.2) is 5.78 Å². The summed E-state index contributed by atoms with van der Waals surface area (Å²) in [6.45, 7) is 9.67. The van der Waals surface area contributed by atoms with E-state index >= 15 is 0 Å². The monoisotopic (exact) mass is 288 g/mol. The van der Waals surface area contributed by atoms with E-state index in [4.69, 9.17) is 0 Å². The van der Waals surface area contributed by atoms with Gasteiger partial charge in [-0.2, -0.15) is 0 Å². The molecule has 0 aliphatic carbocycles. The number of carbonyl (C=O) groups excluding carboxylic acids is 1. The van der Waals surface area contributed by atoms with Gasteiger partial charge in [0.2, 0.25) is 0 Å². The highest BCUT2D eigenvalue weighted by molar-refractivity contribution is 5.96. The van der Waals surface area contributed by atoms with E-state index in [0.717, 1.165) is 25.2 Å². The number of hydrogen-bond donors (Lipinski definition) is 0. The van der Waals surface area contributed by atoms with E-state index in [1.165, 1.54) is 5.56 Å². The maximum absolute atomic E-state index is 12.5. The van der Waals surface area contributed by atoms with Crippen LogP contribution in [0.5, 0.6) is 0 Å². The van der Waals surface area contributed by atoms with Gasteiger partial charge in [-0.3, -0.25) is 4.79 Å². The first-order chi connectivity index (χ1) is 9.77. The molecule has 1 aromatic carbocycles. The Hall–Kier alpha value is -1.19. The van der Waals surface area contributed by atoms with Crippen LogP contribution in [0, 0.1) is 0 Å². The quantitative estimate of drug-likeness (QED) is 0.799. The molecule has 1 fully saturated rings. The summed E-state index contributed by atoms with van der Waals surface area (Å²) in [5.74, 6) is 0.252. The predicted octanol–water partition coefficient (Wildman–Crippen LogP) is 2.80. The van der Waals surface area contributed by atoms with Gasteiger partial charge in [0.25, 0.3) is 0 Å². The lowest BCUT2D eigenvalue weighted by atomic mass is 9.86. The molecule has 3 heteroatoms. The SMILES string of the molecule is CN1CCN(C)C(CC(=O)c2ccc(C(C)(C)C)cc2)C1. The first-order valence-electron chi connectivity index (χ1n) is 7.80. The van der Waals surface area contributed by atoms with Gasteiger partial charge in [-0.1, -0.05) is 45.0 Å². The number of rotatable bonds is 3. The van der Waals surface area contributed by atoms with Gasteiger partial charge >= 0.3 is 0 Å². The molecule has 1 saturated heterocycles. The third kappa shape index (κ3) is 4.14. The van der Waals surface area contributed by atoms with Crippen LogP contribution in [0.3, 0.4) is 0 Å². The second-order valence-electron chi connectivity index (χ2n) is 7.35. The maximum atomic E-state index is 12.5. The molecular weight excluding hydrogens is 260 g/mol. The number of ketones is 1. The minimum Gasteiger partial charge on any atom is -0.304 e. The van der Waals surface area contributed by atoms with Crippen molar-refractivity contribution >= 4 is 5.78 Å². The smallest absolute Gasteiger partial charge is 0.164 e. The zero-order chi connectivity index (χ0) is 15.6. The van der Waals surface area contributed by atoms with E-state index in [1.807, 2.05) is 12.1 Å². The first-order valence-corrected chi connectivity index (χ1v) is 7.80. The lowest BCUT2D eigenvalue weighted by Crippen LogP contribution is -2.50. The van der Waals surface area contributed by atoms with Gasteiger partial charge < -0.3 is 9.80 Å². The summed E-state index contributed by atoms with van der Waals surface area (Å²) in [5.41, 5.74) is 2.24. The third-order valence-electron chi connectivity index (χ3n) is 4.47. The second-order valence-corrected chi connectivity index (χ2v) is 7.35. The average Bonchev–Trinajstić information content (AvgIpc) is 2.42. The third-order valence-corrected chi connectivity index (χ3v) is 4.47. The summed E-state index contributed by atoms with van der Waals surface area (Å²) in [7, 11) is 4.25. The number of carbonyl (C=O) groups is 1. The van der Waals surface area contributed by atoms with Crippen LogP contribution in [0.25, 0.3) is 0 Å². The van der Waals surface area contributed by atoms with Crippen molar-refractivity contribution in [2.75, 3.05) is 33.7 Å². The van der Waals surface area contributed by atoms with E-state index in [9.17, 15) is 4.79 Å². The molecule has 116 valence electrons. The molecule has 0 bridgehead atoms. The molecule has 1 heterocycles. The number of likely N-dealkylation sites (N-methyl/N-ethyl adjacent to an activating group) is 2. The Kier molecular flexibility index (Phi) is 4.84. The Morgan fingerprint density at radius 1 is 1.14 bits per heavy atom.